The lowest BCUT2D eigenvalue weighted by molar-refractivity contribution is 0.0986. The molecule has 0 spiro atoms. The molecule has 0 N–H and O–H groups in total. The Balaban J connectivity index is 1.36. The summed E-state index contributed by atoms with van der Waals surface area (Å²) in [6.07, 6.45) is 3.49. The molecule has 0 bridgehead atoms. The molecule has 10 heteroatoms. The van der Waals surface area contributed by atoms with Crippen molar-refractivity contribution in [3.63, 3.8) is 0 Å². The molecule has 1 amide bonds. The first-order valence-electron chi connectivity index (χ1n) is 11.4. The lowest BCUT2D eigenvalue weighted by atomic mass is 10.1. The molecular formula is C24H26N4O4S2. The smallest absolute Gasteiger partial charge is 0.259 e. The zero-order valence-electron chi connectivity index (χ0n) is 18.9. The number of hydrogen-bond acceptors (Lipinski definition) is 7. The van der Waals surface area contributed by atoms with Crippen LogP contribution in [0.2, 0.25) is 0 Å². The van der Waals surface area contributed by atoms with Crippen molar-refractivity contribution in [3.05, 3.63) is 65.3 Å². The monoisotopic (exact) mass is 498 g/mol. The molecule has 2 aliphatic heterocycles. The van der Waals surface area contributed by atoms with Gasteiger partial charge in [-0.2, -0.15) is 9.29 Å². The molecule has 3 aromatic rings. The summed E-state index contributed by atoms with van der Waals surface area (Å²) in [6.45, 7) is 3.43. The van der Waals surface area contributed by atoms with Crippen molar-refractivity contribution in [2.24, 2.45) is 0 Å². The van der Waals surface area contributed by atoms with Crippen LogP contribution < -0.4 is 4.90 Å². The maximum absolute atomic E-state index is 13.5. The van der Waals surface area contributed by atoms with Crippen LogP contribution in [0.4, 0.5) is 5.69 Å². The second kappa shape index (κ2) is 9.52. The van der Waals surface area contributed by atoms with Crippen LogP contribution in [-0.4, -0.2) is 48.4 Å². The minimum atomic E-state index is -3.51. The van der Waals surface area contributed by atoms with Crippen LogP contribution >= 0.6 is 11.8 Å². The topological polar surface area (TPSA) is 96.6 Å². The molecule has 34 heavy (non-hydrogen) atoms. The van der Waals surface area contributed by atoms with E-state index in [2.05, 4.69) is 10.1 Å². The molecule has 8 nitrogen and oxygen atoms in total. The Morgan fingerprint density at radius 2 is 1.88 bits per heavy atom. The number of fused-ring (bicyclic) bond motifs is 1. The summed E-state index contributed by atoms with van der Waals surface area (Å²) >= 11 is 1.47. The zero-order chi connectivity index (χ0) is 23.7. The summed E-state index contributed by atoms with van der Waals surface area (Å²) in [7, 11) is -3.51. The molecule has 0 aliphatic carbocycles. The third-order valence-corrected chi connectivity index (χ3v) is 9.14. The van der Waals surface area contributed by atoms with E-state index in [0.29, 0.717) is 54.0 Å². The predicted molar refractivity (Wildman–Crippen MR) is 129 cm³/mol. The largest absolute Gasteiger partial charge is 0.338 e. The van der Waals surface area contributed by atoms with E-state index in [1.54, 1.807) is 34.3 Å². The summed E-state index contributed by atoms with van der Waals surface area (Å²) in [4.78, 5) is 20.6. The first-order valence-corrected chi connectivity index (χ1v) is 13.8. The Bertz CT molecular complexity index is 1320. The quantitative estimate of drug-likeness (QED) is 0.473. The van der Waals surface area contributed by atoms with Gasteiger partial charge in [0.25, 0.3) is 5.91 Å². The number of thioether (sulfide) groups is 1. The predicted octanol–water partition coefficient (Wildman–Crippen LogP) is 4.05. The number of carbonyl (C=O) groups is 1. The van der Waals surface area contributed by atoms with Crippen LogP contribution in [0.25, 0.3) is 0 Å². The van der Waals surface area contributed by atoms with Gasteiger partial charge in [0.15, 0.2) is 5.82 Å². The van der Waals surface area contributed by atoms with Crippen molar-refractivity contribution >= 4 is 33.4 Å². The number of nitrogens with zero attached hydrogens (tertiary/aromatic N) is 4. The number of aromatic nitrogens is 2. The maximum atomic E-state index is 13.5. The molecule has 0 atom stereocenters. The number of carbonyl (C=O) groups excluding carboxylic acids is 1. The fourth-order valence-corrected chi connectivity index (χ4v) is 6.91. The Morgan fingerprint density at radius 1 is 1.09 bits per heavy atom. The fraction of sp³-hybridized carbons (Fsp3) is 0.375. The van der Waals surface area contributed by atoms with Gasteiger partial charge in [-0.25, -0.2) is 8.42 Å². The average molecular weight is 499 g/mol. The molecule has 1 fully saturated rings. The average Bonchev–Trinajstić information content (AvgIpc) is 3.48. The van der Waals surface area contributed by atoms with E-state index in [9.17, 15) is 13.2 Å². The summed E-state index contributed by atoms with van der Waals surface area (Å²) in [5, 5.41) is 3.81. The number of sulfonamides is 1. The number of benzene rings is 2. The molecular weight excluding hydrogens is 472 g/mol. The van der Waals surface area contributed by atoms with Crippen LogP contribution in [0.3, 0.4) is 0 Å². The highest BCUT2D eigenvalue weighted by Gasteiger charge is 2.31. The molecule has 2 aliphatic rings. The Hall–Kier alpha value is -2.69. The molecule has 0 radical (unpaired) electrons. The molecule has 1 aromatic heterocycles. The standard InChI is InChI=1S/C24H26N4O4S2/c1-17-25-23(32-26-17)16-33-22-8-4-3-7-20(22)24(29)28-14-11-18-15-19(9-10-21(18)28)34(30,31)27-12-5-2-6-13-27/h3-4,7-10,15H,2,5-6,11-14,16H2,1H3. The van der Waals surface area contributed by atoms with E-state index in [1.165, 1.54) is 11.8 Å². The van der Waals surface area contributed by atoms with Gasteiger partial charge in [-0.3, -0.25) is 4.79 Å². The number of hydrogen-bond donors (Lipinski definition) is 0. The lowest BCUT2D eigenvalue weighted by Gasteiger charge is -2.26. The minimum absolute atomic E-state index is 0.102. The number of piperidine rings is 1. The van der Waals surface area contributed by atoms with Gasteiger partial charge in [-0.05, 0) is 62.1 Å². The highest BCUT2D eigenvalue weighted by atomic mass is 32.2. The van der Waals surface area contributed by atoms with Crippen molar-refractivity contribution in [3.8, 4) is 0 Å². The first kappa shape index (κ1) is 23.1. The van der Waals surface area contributed by atoms with Gasteiger partial charge in [0.2, 0.25) is 15.9 Å². The molecule has 2 aromatic carbocycles. The van der Waals surface area contributed by atoms with Crippen molar-refractivity contribution in [1.29, 1.82) is 0 Å². The van der Waals surface area contributed by atoms with E-state index in [0.717, 1.165) is 35.4 Å². The second-order valence-corrected chi connectivity index (χ2v) is 11.4. The van der Waals surface area contributed by atoms with Crippen LogP contribution in [0.1, 0.15) is 46.9 Å². The summed E-state index contributed by atoms with van der Waals surface area (Å²) < 4.78 is 32.9. The number of aryl methyl sites for hydroxylation is 1. The van der Waals surface area contributed by atoms with E-state index in [4.69, 9.17) is 4.52 Å². The van der Waals surface area contributed by atoms with Crippen molar-refractivity contribution in [2.45, 2.75) is 48.2 Å². The SMILES string of the molecule is Cc1noc(CSc2ccccc2C(=O)N2CCc3cc(S(=O)(=O)N4CCCCC4)ccc32)n1. The fourth-order valence-electron chi connectivity index (χ4n) is 4.46. The second-order valence-electron chi connectivity index (χ2n) is 8.48. The molecule has 0 saturated carbocycles. The Labute approximate surface area is 203 Å². The van der Waals surface area contributed by atoms with Crippen molar-refractivity contribution in [2.75, 3.05) is 24.5 Å². The van der Waals surface area contributed by atoms with Gasteiger partial charge in [-0.15, -0.1) is 11.8 Å². The number of amides is 1. The third kappa shape index (κ3) is 4.49. The Morgan fingerprint density at radius 3 is 2.65 bits per heavy atom. The zero-order valence-corrected chi connectivity index (χ0v) is 20.6. The molecule has 1 saturated heterocycles. The van der Waals surface area contributed by atoms with Crippen molar-refractivity contribution < 1.29 is 17.7 Å². The van der Waals surface area contributed by atoms with Crippen molar-refractivity contribution in [1.82, 2.24) is 14.4 Å². The van der Waals surface area contributed by atoms with E-state index < -0.39 is 10.0 Å². The van der Waals surface area contributed by atoms with Crippen LogP contribution in [0.15, 0.2) is 56.8 Å². The minimum Gasteiger partial charge on any atom is -0.338 e. The van der Waals surface area contributed by atoms with E-state index in [1.807, 2.05) is 24.3 Å². The number of rotatable bonds is 6. The van der Waals surface area contributed by atoms with E-state index in [-0.39, 0.29) is 5.91 Å². The van der Waals surface area contributed by atoms with Gasteiger partial charge in [0.05, 0.1) is 16.2 Å². The molecule has 3 heterocycles. The van der Waals surface area contributed by atoms with E-state index >= 15 is 0 Å². The third-order valence-electron chi connectivity index (χ3n) is 6.18. The van der Waals surface area contributed by atoms with Gasteiger partial charge in [-0.1, -0.05) is 23.7 Å². The van der Waals surface area contributed by atoms with Gasteiger partial charge >= 0.3 is 0 Å². The molecule has 178 valence electrons. The van der Waals surface area contributed by atoms with Gasteiger partial charge in [0.1, 0.15) is 0 Å². The first-order chi connectivity index (χ1) is 16.4. The summed E-state index contributed by atoms with van der Waals surface area (Å²) in [6, 6.07) is 12.6. The molecule has 5 rings (SSSR count). The summed E-state index contributed by atoms with van der Waals surface area (Å²) in [5.74, 6) is 1.46. The summed E-state index contributed by atoms with van der Waals surface area (Å²) in [5.41, 5.74) is 2.26. The van der Waals surface area contributed by atoms with Gasteiger partial charge in [0, 0.05) is 30.2 Å². The highest BCUT2D eigenvalue weighted by molar-refractivity contribution is 7.98. The maximum Gasteiger partial charge on any atom is 0.259 e. The lowest BCUT2D eigenvalue weighted by Crippen LogP contribution is -2.35. The number of anilines is 1. The van der Waals surface area contributed by atoms with Crippen LogP contribution in [-0.2, 0) is 22.2 Å². The van der Waals surface area contributed by atoms with Gasteiger partial charge < -0.3 is 9.42 Å². The van der Waals surface area contributed by atoms with Crippen LogP contribution in [0, 0.1) is 6.92 Å². The van der Waals surface area contributed by atoms with Crippen LogP contribution in [0.5, 0.6) is 0 Å². The molecule has 0 unspecified atom stereocenters. The normalized spacial score (nSPS) is 16.6. The Kier molecular flexibility index (Phi) is 6.46. The highest BCUT2D eigenvalue weighted by Crippen LogP contribution is 2.34.